The third-order valence-electron chi connectivity index (χ3n) is 3.35. The van der Waals surface area contributed by atoms with Crippen molar-refractivity contribution in [2.24, 2.45) is 5.41 Å². The molecule has 0 fully saturated rings. The van der Waals surface area contributed by atoms with Gasteiger partial charge in [0.25, 0.3) is 0 Å². The first kappa shape index (κ1) is 22.2. The van der Waals surface area contributed by atoms with Crippen LogP contribution < -0.4 is 0 Å². The van der Waals surface area contributed by atoms with Crippen LogP contribution in [0.25, 0.3) is 0 Å². The van der Waals surface area contributed by atoms with Crippen molar-refractivity contribution in [3.8, 4) is 0 Å². The molecule has 0 spiro atoms. The summed E-state index contributed by atoms with van der Waals surface area (Å²) >= 11 is 0. The van der Waals surface area contributed by atoms with Crippen LogP contribution in [0.2, 0.25) is 0 Å². The van der Waals surface area contributed by atoms with Gasteiger partial charge in [-0.15, -0.1) is 31.2 Å². The monoisotopic (exact) mass is 339 g/mol. The molecular weight excluding hydrogens is 318 g/mol. The Morgan fingerprint density at radius 2 is 1.75 bits per heavy atom. The number of halogens is 2. The Hall–Kier alpha value is 0.943. The van der Waals surface area contributed by atoms with Gasteiger partial charge in [0.1, 0.15) is 0 Å². The van der Waals surface area contributed by atoms with E-state index in [9.17, 15) is 0 Å². The van der Waals surface area contributed by atoms with Gasteiger partial charge in [-0.1, -0.05) is 27.2 Å². The van der Waals surface area contributed by atoms with Crippen molar-refractivity contribution < 1.29 is 26.2 Å². The molecule has 0 radical (unpaired) electrons. The van der Waals surface area contributed by atoms with E-state index in [1.165, 1.54) is 31.3 Å². The zero-order valence-corrected chi connectivity index (χ0v) is 14.6. The van der Waals surface area contributed by atoms with Gasteiger partial charge in [0.15, 0.2) is 0 Å². The first-order chi connectivity index (χ1) is 6.29. The zero-order valence-electron chi connectivity index (χ0n) is 10.5. The zero-order chi connectivity index (χ0) is 9.73. The van der Waals surface area contributed by atoms with E-state index in [4.69, 9.17) is 0 Å². The smallest absolute Gasteiger partial charge is 0 e. The van der Waals surface area contributed by atoms with Crippen LogP contribution in [0.15, 0.2) is 17.7 Å². The maximum atomic E-state index is 3.49. The van der Waals surface area contributed by atoms with Gasteiger partial charge in [0.05, 0.1) is 0 Å². The van der Waals surface area contributed by atoms with Crippen LogP contribution in [0.3, 0.4) is 0 Å². The van der Waals surface area contributed by atoms with Gasteiger partial charge in [-0.25, -0.2) is 11.6 Å². The number of allylic oxidation sites excluding steroid dienone is 4. The molecule has 0 aliphatic heterocycles. The molecule has 0 heterocycles. The first-order valence-corrected chi connectivity index (χ1v) is 5.57. The Balaban J connectivity index is -0.000000563. The van der Waals surface area contributed by atoms with Gasteiger partial charge in [0, 0.05) is 26.2 Å². The van der Waals surface area contributed by atoms with E-state index in [0.717, 1.165) is 6.42 Å². The molecule has 0 saturated carbocycles. The van der Waals surface area contributed by atoms with Crippen molar-refractivity contribution in [2.45, 2.75) is 52.9 Å². The predicted molar refractivity (Wildman–Crippen MR) is 72.9 cm³/mol. The molecule has 1 aliphatic carbocycles. The predicted octanol–water partition coefficient (Wildman–Crippen LogP) is 5.12. The van der Waals surface area contributed by atoms with Crippen LogP contribution >= 0.6 is 24.8 Å². The number of rotatable bonds is 5. The fraction of sp³-hybridized carbons (Fsp3) is 0.692. The Bertz CT molecular complexity index is 218. The molecule has 16 heavy (non-hydrogen) atoms. The van der Waals surface area contributed by atoms with Crippen molar-refractivity contribution in [3.05, 3.63) is 23.8 Å². The van der Waals surface area contributed by atoms with Gasteiger partial charge < -0.3 is 0 Å². The fourth-order valence-electron chi connectivity index (χ4n) is 2.37. The minimum Gasteiger partial charge on any atom is -0.269 e. The molecule has 0 bridgehead atoms. The number of hydrogen-bond donors (Lipinski definition) is 0. The van der Waals surface area contributed by atoms with Crippen LogP contribution in [-0.4, -0.2) is 0 Å². The van der Waals surface area contributed by atoms with Crippen LogP contribution in [0.5, 0.6) is 0 Å². The van der Waals surface area contributed by atoms with E-state index in [-0.39, 0.29) is 51.0 Å². The Morgan fingerprint density at radius 1 is 1.19 bits per heavy atom. The molecule has 0 aromatic heterocycles. The molecule has 0 nitrogen and oxygen atoms in total. The average Bonchev–Trinajstić information content (AvgIpc) is 2.68. The molecule has 0 saturated heterocycles. The van der Waals surface area contributed by atoms with Crippen molar-refractivity contribution >= 4 is 24.8 Å². The van der Waals surface area contributed by atoms with E-state index in [2.05, 4.69) is 39.0 Å². The van der Waals surface area contributed by atoms with E-state index >= 15 is 0 Å². The molecule has 0 N–H and O–H groups in total. The first-order valence-electron chi connectivity index (χ1n) is 5.57. The maximum absolute atomic E-state index is 3.49. The van der Waals surface area contributed by atoms with E-state index in [1.807, 2.05) is 0 Å². The molecule has 0 aromatic rings. The van der Waals surface area contributed by atoms with Crippen molar-refractivity contribution in [3.63, 3.8) is 0 Å². The Kier molecular flexibility index (Phi) is 15.3. The number of hydrogen-bond acceptors (Lipinski definition) is 0. The third kappa shape index (κ3) is 5.07. The van der Waals surface area contributed by atoms with Crippen LogP contribution in [0, 0.1) is 11.5 Å². The van der Waals surface area contributed by atoms with Crippen LogP contribution in [0.1, 0.15) is 52.9 Å². The average molecular weight is 341 g/mol. The topological polar surface area (TPSA) is 0 Å². The molecular formula is C13H23Cl2Zr-. The second kappa shape index (κ2) is 11.1. The summed E-state index contributed by atoms with van der Waals surface area (Å²) in [5.41, 5.74) is 1.90. The summed E-state index contributed by atoms with van der Waals surface area (Å²) < 4.78 is 0. The Morgan fingerprint density at radius 3 is 2.06 bits per heavy atom. The SMILES string of the molecule is CCCC(CC)(CC)C1=[C-]CC=C1.Cl.Cl.[Zr]. The Labute approximate surface area is 132 Å². The summed E-state index contributed by atoms with van der Waals surface area (Å²) in [5, 5.41) is 0. The quantitative estimate of drug-likeness (QED) is 0.609. The summed E-state index contributed by atoms with van der Waals surface area (Å²) in [7, 11) is 0. The van der Waals surface area contributed by atoms with E-state index in [1.54, 1.807) is 0 Å². The van der Waals surface area contributed by atoms with Crippen molar-refractivity contribution in [2.75, 3.05) is 0 Å². The van der Waals surface area contributed by atoms with Crippen molar-refractivity contribution in [1.29, 1.82) is 0 Å². The standard InChI is InChI=1S/C13H21.2ClH.Zr/c1-4-11-13(5-2,6-3)12-9-7-8-10-12;;;/h7,9H,4-6,8,11H2,1-3H3;2*1H;/q-1;;;. The normalized spacial score (nSPS) is 13.3. The molecule has 1 aliphatic rings. The minimum atomic E-state index is 0. The third-order valence-corrected chi connectivity index (χ3v) is 3.35. The summed E-state index contributed by atoms with van der Waals surface area (Å²) in [5.74, 6) is 0. The summed E-state index contributed by atoms with van der Waals surface area (Å²) in [4.78, 5) is 0. The van der Waals surface area contributed by atoms with E-state index in [0.29, 0.717) is 5.41 Å². The maximum Gasteiger partial charge on any atom is 0 e. The van der Waals surface area contributed by atoms with E-state index < -0.39 is 0 Å². The molecule has 3 heteroatoms. The van der Waals surface area contributed by atoms with Gasteiger partial charge in [0.2, 0.25) is 0 Å². The molecule has 1 rings (SSSR count). The molecule has 0 unspecified atom stereocenters. The fourth-order valence-corrected chi connectivity index (χ4v) is 2.37. The van der Waals surface area contributed by atoms with Gasteiger partial charge in [-0.05, 0) is 24.7 Å². The minimum absolute atomic E-state index is 0. The van der Waals surface area contributed by atoms with Crippen molar-refractivity contribution in [1.82, 2.24) is 0 Å². The van der Waals surface area contributed by atoms with Crippen LogP contribution in [0.4, 0.5) is 0 Å². The second-order valence-electron chi connectivity index (χ2n) is 3.93. The second-order valence-corrected chi connectivity index (χ2v) is 3.93. The molecule has 0 atom stereocenters. The molecule has 0 aromatic carbocycles. The van der Waals surface area contributed by atoms with Gasteiger partial charge in [-0.2, -0.15) is 6.08 Å². The summed E-state index contributed by atoms with van der Waals surface area (Å²) in [6, 6.07) is 0. The van der Waals surface area contributed by atoms with Gasteiger partial charge >= 0.3 is 0 Å². The van der Waals surface area contributed by atoms with Crippen LogP contribution in [-0.2, 0) is 26.2 Å². The largest absolute Gasteiger partial charge is 0.269 e. The molecule has 94 valence electrons. The summed E-state index contributed by atoms with van der Waals surface area (Å²) in [6.45, 7) is 6.89. The summed E-state index contributed by atoms with van der Waals surface area (Å²) in [6.07, 6.45) is 14.1. The molecule has 0 amide bonds. The van der Waals surface area contributed by atoms with Gasteiger partial charge in [-0.3, -0.25) is 6.08 Å².